The first-order chi connectivity index (χ1) is 16.8. The summed E-state index contributed by atoms with van der Waals surface area (Å²) in [4.78, 5) is 24.9. The molecule has 0 saturated carbocycles. The topological polar surface area (TPSA) is 100 Å². The Bertz CT molecular complexity index is 1330. The molecule has 0 aromatic heterocycles. The second kappa shape index (κ2) is 11.7. The highest BCUT2D eigenvalue weighted by molar-refractivity contribution is 6.33. The van der Waals surface area contributed by atoms with Gasteiger partial charge in [0.1, 0.15) is 11.6 Å². The van der Waals surface area contributed by atoms with Gasteiger partial charge in [0.2, 0.25) is 0 Å². The summed E-state index contributed by atoms with van der Waals surface area (Å²) in [7, 11) is 1.46. The van der Waals surface area contributed by atoms with Gasteiger partial charge in [0.15, 0.2) is 18.1 Å². The van der Waals surface area contributed by atoms with Gasteiger partial charge in [-0.2, -0.15) is 5.26 Å². The number of nitrogens with zero attached hydrogens (tertiary/aromatic N) is 1. The Balaban J connectivity index is 1.70. The molecule has 178 valence electrons. The fraction of sp³-hybridized carbons (Fsp3) is 0.148. The smallest absolute Gasteiger partial charge is 0.266 e. The average molecular weight is 490 g/mol. The lowest BCUT2D eigenvalue weighted by Crippen LogP contribution is -2.20. The zero-order valence-electron chi connectivity index (χ0n) is 19.5. The van der Waals surface area contributed by atoms with E-state index in [4.69, 9.17) is 21.1 Å². The fourth-order valence-corrected chi connectivity index (χ4v) is 3.36. The summed E-state index contributed by atoms with van der Waals surface area (Å²) in [5, 5.41) is 15.4. The van der Waals surface area contributed by atoms with Crippen LogP contribution in [0.1, 0.15) is 16.7 Å². The molecule has 0 spiro atoms. The standard InChI is InChI=1S/C27H24ClN3O4/c1-17-7-6-10-22(18(17)2)31-27(33)20(15-29)13-19-11-12-24(25(14-19)34-3)35-16-26(32)30-23-9-5-4-8-21(23)28/h4-14H,16H2,1-3H3,(H,30,32)(H,31,33)/b20-13+. The van der Waals surface area contributed by atoms with Crippen molar-refractivity contribution >= 4 is 40.9 Å². The monoisotopic (exact) mass is 489 g/mol. The molecular weight excluding hydrogens is 466 g/mol. The lowest BCUT2D eigenvalue weighted by Gasteiger charge is -2.12. The molecule has 0 aliphatic carbocycles. The van der Waals surface area contributed by atoms with Gasteiger partial charge < -0.3 is 20.1 Å². The second-order valence-corrected chi connectivity index (χ2v) is 8.01. The highest BCUT2D eigenvalue weighted by Crippen LogP contribution is 2.29. The van der Waals surface area contributed by atoms with Crippen LogP contribution in [-0.2, 0) is 9.59 Å². The Morgan fingerprint density at radius 1 is 1.00 bits per heavy atom. The highest BCUT2D eigenvalue weighted by Gasteiger charge is 2.14. The number of para-hydroxylation sites is 1. The molecule has 2 amide bonds. The first-order valence-electron chi connectivity index (χ1n) is 10.7. The van der Waals surface area contributed by atoms with Crippen molar-refractivity contribution in [3.05, 3.63) is 87.9 Å². The average Bonchev–Trinajstić information content (AvgIpc) is 2.85. The second-order valence-electron chi connectivity index (χ2n) is 7.60. The molecule has 0 atom stereocenters. The van der Waals surface area contributed by atoms with Gasteiger partial charge in [-0.05, 0) is 66.9 Å². The molecule has 0 unspecified atom stereocenters. The van der Waals surface area contributed by atoms with Crippen LogP contribution in [-0.4, -0.2) is 25.5 Å². The minimum absolute atomic E-state index is 0.0688. The van der Waals surface area contributed by atoms with Gasteiger partial charge in [0.05, 0.1) is 17.8 Å². The van der Waals surface area contributed by atoms with Crippen LogP contribution in [0, 0.1) is 25.2 Å². The maximum atomic E-state index is 12.7. The lowest BCUT2D eigenvalue weighted by atomic mass is 10.1. The summed E-state index contributed by atoms with van der Waals surface area (Å²) in [6, 6.07) is 19.3. The first-order valence-corrected chi connectivity index (χ1v) is 11.0. The van der Waals surface area contributed by atoms with Gasteiger partial charge in [0.25, 0.3) is 11.8 Å². The minimum Gasteiger partial charge on any atom is -0.493 e. The van der Waals surface area contributed by atoms with Crippen molar-refractivity contribution in [1.29, 1.82) is 5.26 Å². The van der Waals surface area contributed by atoms with E-state index >= 15 is 0 Å². The number of ether oxygens (including phenoxy) is 2. The highest BCUT2D eigenvalue weighted by atomic mass is 35.5. The number of hydrogen-bond donors (Lipinski definition) is 2. The maximum Gasteiger partial charge on any atom is 0.266 e. The summed E-state index contributed by atoms with van der Waals surface area (Å²) in [6.07, 6.45) is 1.46. The molecule has 2 N–H and O–H groups in total. The zero-order valence-corrected chi connectivity index (χ0v) is 20.3. The zero-order chi connectivity index (χ0) is 25.4. The van der Waals surface area contributed by atoms with Crippen LogP contribution in [0.4, 0.5) is 11.4 Å². The molecule has 0 heterocycles. The number of nitriles is 1. The number of aryl methyl sites for hydroxylation is 1. The number of carbonyl (C=O) groups excluding carboxylic acids is 2. The molecule has 7 nitrogen and oxygen atoms in total. The van der Waals surface area contributed by atoms with Gasteiger partial charge in [0, 0.05) is 5.69 Å². The normalized spacial score (nSPS) is 10.8. The predicted octanol–water partition coefficient (Wildman–Crippen LogP) is 5.53. The van der Waals surface area contributed by atoms with Gasteiger partial charge in [-0.1, -0.05) is 41.9 Å². The largest absolute Gasteiger partial charge is 0.493 e. The first kappa shape index (κ1) is 25.3. The number of amides is 2. The fourth-order valence-electron chi connectivity index (χ4n) is 3.18. The Morgan fingerprint density at radius 2 is 1.74 bits per heavy atom. The van der Waals surface area contributed by atoms with E-state index in [0.717, 1.165) is 11.1 Å². The summed E-state index contributed by atoms with van der Waals surface area (Å²) in [5.41, 5.74) is 3.58. The van der Waals surface area contributed by atoms with Crippen LogP contribution in [0.15, 0.2) is 66.2 Å². The molecular formula is C27H24ClN3O4. The molecule has 0 radical (unpaired) electrons. The third-order valence-corrected chi connectivity index (χ3v) is 5.55. The van der Waals surface area contributed by atoms with E-state index in [-0.39, 0.29) is 18.1 Å². The number of methoxy groups -OCH3 is 1. The maximum absolute atomic E-state index is 12.7. The third kappa shape index (κ3) is 6.62. The molecule has 0 bridgehead atoms. The summed E-state index contributed by atoms with van der Waals surface area (Å²) < 4.78 is 11.0. The van der Waals surface area contributed by atoms with Crippen molar-refractivity contribution in [3.63, 3.8) is 0 Å². The van der Waals surface area contributed by atoms with E-state index in [1.54, 1.807) is 48.5 Å². The quantitative estimate of drug-likeness (QED) is 0.320. The molecule has 0 saturated heterocycles. The van der Waals surface area contributed by atoms with E-state index < -0.39 is 5.91 Å². The number of carbonyl (C=O) groups is 2. The van der Waals surface area contributed by atoms with Gasteiger partial charge in [-0.25, -0.2) is 0 Å². The molecule has 3 aromatic rings. The molecule has 0 aliphatic heterocycles. The van der Waals surface area contributed by atoms with Gasteiger partial charge in [-0.15, -0.1) is 0 Å². The van der Waals surface area contributed by atoms with Crippen LogP contribution < -0.4 is 20.1 Å². The number of nitrogens with one attached hydrogen (secondary N) is 2. The summed E-state index contributed by atoms with van der Waals surface area (Å²) >= 11 is 6.05. The number of rotatable bonds is 8. The summed E-state index contributed by atoms with van der Waals surface area (Å²) in [6.45, 7) is 3.58. The summed E-state index contributed by atoms with van der Waals surface area (Å²) in [5.74, 6) is -0.232. The minimum atomic E-state index is -0.517. The van der Waals surface area contributed by atoms with Gasteiger partial charge >= 0.3 is 0 Å². The number of hydrogen-bond acceptors (Lipinski definition) is 5. The predicted molar refractivity (Wildman–Crippen MR) is 137 cm³/mol. The number of benzene rings is 3. The van der Waals surface area contributed by atoms with Crippen LogP contribution in [0.5, 0.6) is 11.5 Å². The molecule has 35 heavy (non-hydrogen) atoms. The number of anilines is 2. The molecule has 0 fully saturated rings. The van der Waals surface area contributed by atoms with Crippen molar-refractivity contribution in [1.82, 2.24) is 0 Å². The van der Waals surface area contributed by atoms with E-state index in [1.165, 1.54) is 13.2 Å². The van der Waals surface area contributed by atoms with E-state index in [9.17, 15) is 14.9 Å². The van der Waals surface area contributed by atoms with Crippen molar-refractivity contribution in [2.75, 3.05) is 24.4 Å². The Kier molecular flexibility index (Phi) is 8.49. The molecule has 3 aromatic carbocycles. The van der Waals surface area contributed by atoms with Gasteiger partial charge in [-0.3, -0.25) is 9.59 Å². The molecule has 0 aliphatic rings. The van der Waals surface area contributed by atoms with Crippen molar-refractivity contribution < 1.29 is 19.1 Å². The van der Waals surface area contributed by atoms with E-state index in [2.05, 4.69) is 10.6 Å². The molecule has 8 heteroatoms. The van der Waals surface area contributed by atoms with Crippen LogP contribution in [0.25, 0.3) is 6.08 Å². The van der Waals surface area contributed by atoms with Crippen LogP contribution in [0.2, 0.25) is 5.02 Å². The van der Waals surface area contributed by atoms with Crippen LogP contribution >= 0.6 is 11.6 Å². The SMILES string of the molecule is COc1cc(/C=C(\C#N)C(=O)Nc2cccc(C)c2C)ccc1OCC(=O)Nc1ccccc1Cl. The van der Waals surface area contributed by atoms with E-state index in [1.807, 2.05) is 32.0 Å². The Morgan fingerprint density at radius 3 is 2.46 bits per heavy atom. The van der Waals surface area contributed by atoms with Crippen LogP contribution in [0.3, 0.4) is 0 Å². The van der Waals surface area contributed by atoms with Crippen molar-refractivity contribution in [3.8, 4) is 17.6 Å². The Labute approximate surface area is 208 Å². The van der Waals surface area contributed by atoms with E-state index in [0.29, 0.717) is 33.5 Å². The lowest BCUT2D eigenvalue weighted by molar-refractivity contribution is -0.118. The third-order valence-electron chi connectivity index (χ3n) is 5.22. The number of halogens is 1. The Hall–Kier alpha value is -4.28. The molecule has 3 rings (SSSR count). The van der Waals surface area contributed by atoms with Crippen molar-refractivity contribution in [2.24, 2.45) is 0 Å². The van der Waals surface area contributed by atoms with Crippen molar-refractivity contribution in [2.45, 2.75) is 13.8 Å².